The molecule has 41 heavy (non-hydrogen) atoms. The van der Waals surface area contributed by atoms with Crippen LogP contribution >= 0.6 is 0 Å². The SMILES string of the molecule is CC[C@@H](C)NC(=O)[C@@H](C)N(Cc1ccc(F)cc1)C(=O)CN(c1ccc2c(c1)OCCO2)S(=O)(=O)c1ccccc1. The summed E-state index contributed by atoms with van der Waals surface area (Å²) in [7, 11) is -4.22. The predicted molar refractivity (Wildman–Crippen MR) is 153 cm³/mol. The van der Waals surface area contributed by atoms with Gasteiger partial charge in [-0.25, -0.2) is 12.8 Å². The fourth-order valence-electron chi connectivity index (χ4n) is 4.27. The van der Waals surface area contributed by atoms with Crippen LogP contribution in [0.15, 0.2) is 77.7 Å². The molecule has 1 aliphatic heterocycles. The molecule has 11 heteroatoms. The summed E-state index contributed by atoms with van der Waals surface area (Å²) in [5.41, 5.74) is 0.782. The first-order chi connectivity index (χ1) is 19.6. The van der Waals surface area contributed by atoms with Crippen molar-refractivity contribution in [1.29, 1.82) is 0 Å². The van der Waals surface area contributed by atoms with Gasteiger partial charge in [-0.2, -0.15) is 0 Å². The van der Waals surface area contributed by atoms with E-state index >= 15 is 0 Å². The van der Waals surface area contributed by atoms with Crippen LogP contribution < -0.4 is 19.1 Å². The van der Waals surface area contributed by atoms with Crippen LogP contribution in [0.3, 0.4) is 0 Å². The zero-order valence-electron chi connectivity index (χ0n) is 23.2. The van der Waals surface area contributed by atoms with Crippen molar-refractivity contribution in [3.63, 3.8) is 0 Å². The molecular formula is C30H34FN3O6S. The van der Waals surface area contributed by atoms with Gasteiger partial charge in [0.15, 0.2) is 11.5 Å². The maximum atomic E-state index is 14.0. The van der Waals surface area contributed by atoms with Crippen molar-refractivity contribution >= 4 is 27.5 Å². The maximum absolute atomic E-state index is 14.0. The average molecular weight is 584 g/mol. The molecule has 0 aromatic heterocycles. The van der Waals surface area contributed by atoms with Crippen molar-refractivity contribution in [1.82, 2.24) is 10.2 Å². The minimum absolute atomic E-state index is 0.00432. The molecule has 3 aromatic rings. The number of ether oxygens (including phenoxy) is 2. The zero-order chi connectivity index (χ0) is 29.6. The molecule has 1 aliphatic rings. The molecule has 0 spiro atoms. The first kappa shape index (κ1) is 29.9. The second-order valence-corrected chi connectivity index (χ2v) is 11.7. The third-order valence-electron chi connectivity index (χ3n) is 6.86. The Bertz CT molecular complexity index is 1470. The van der Waals surface area contributed by atoms with Gasteiger partial charge in [-0.3, -0.25) is 13.9 Å². The molecule has 1 heterocycles. The van der Waals surface area contributed by atoms with E-state index in [4.69, 9.17) is 9.47 Å². The van der Waals surface area contributed by atoms with E-state index in [1.807, 2.05) is 13.8 Å². The molecule has 0 radical (unpaired) electrons. The number of nitrogens with zero attached hydrogens (tertiary/aromatic N) is 2. The molecule has 0 unspecified atom stereocenters. The van der Waals surface area contributed by atoms with E-state index < -0.39 is 34.3 Å². The lowest BCUT2D eigenvalue weighted by molar-refractivity contribution is -0.139. The van der Waals surface area contributed by atoms with Gasteiger partial charge in [0.1, 0.15) is 31.6 Å². The second kappa shape index (κ2) is 13.0. The topological polar surface area (TPSA) is 105 Å². The van der Waals surface area contributed by atoms with Crippen molar-refractivity contribution in [3.8, 4) is 11.5 Å². The molecule has 9 nitrogen and oxygen atoms in total. The van der Waals surface area contributed by atoms with Crippen LogP contribution in [0.4, 0.5) is 10.1 Å². The molecule has 218 valence electrons. The third kappa shape index (κ3) is 7.15. The summed E-state index contributed by atoms with van der Waals surface area (Å²) in [6.07, 6.45) is 0.692. The standard InChI is InChI=1S/C30H34FN3O6S/c1-4-21(2)32-30(36)22(3)33(19-23-10-12-24(31)13-11-23)29(35)20-34(41(37,38)26-8-6-5-7-9-26)25-14-15-27-28(18-25)40-17-16-39-27/h5-15,18,21-22H,4,16-17,19-20H2,1-3H3,(H,32,36)/t21-,22-/m1/s1. The Morgan fingerprint density at radius 3 is 2.27 bits per heavy atom. The maximum Gasteiger partial charge on any atom is 0.264 e. The minimum atomic E-state index is -4.22. The van der Waals surface area contributed by atoms with Crippen molar-refractivity contribution < 1.29 is 31.9 Å². The molecule has 1 N–H and O–H groups in total. The highest BCUT2D eigenvalue weighted by Crippen LogP contribution is 2.36. The molecule has 0 aliphatic carbocycles. The van der Waals surface area contributed by atoms with E-state index in [1.54, 1.807) is 37.3 Å². The summed E-state index contributed by atoms with van der Waals surface area (Å²) in [6, 6.07) is 17.0. The minimum Gasteiger partial charge on any atom is -0.486 e. The summed E-state index contributed by atoms with van der Waals surface area (Å²) in [4.78, 5) is 28.4. The Morgan fingerprint density at radius 2 is 1.61 bits per heavy atom. The lowest BCUT2D eigenvalue weighted by Gasteiger charge is -2.32. The number of rotatable bonds is 11. The van der Waals surface area contributed by atoms with Crippen LogP contribution in [0.1, 0.15) is 32.8 Å². The van der Waals surface area contributed by atoms with Gasteiger partial charge in [-0.1, -0.05) is 37.3 Å². The molecular weight excluding hydrogens is 549 g/mol. The number of carbonyl (C=O) groups excluding carboxylic acids is 2. The fourth-order valence-corrected chi connectivity index (χ4v) is 5.70. The Hall–Kier alpha value is -4.12. The number of amides is 2. The molecule has 0 bridgehead atoms. The van der Waals surface area contributed by atoms with Crippen LogP contribution in [0.2, 0.25) is 0 Å². The van der Waals surface area contributed by atoms with Gasteiger partial charge in [0.25, 0.3) is 10.0 Å². The molecule has 2 amide bonds. The van der Waals surface area contributed by atoms with Gasteiger partial charge >= 0.3 is 0 Å². The van der Waals surface area contributed by atoms with Gasteiger partial charge in [0.05, 0.1) is 10.6 Å². The zero-order valence-corrected chi connectivity index (χ0v) is 24.1. The summed E-state index contributed by atoms with van der Waals surface area (Å²) >= 11 is 0. The summed E-state index contributed by atoms with van der Waals surface area (Å²) < 4.78 is 53.6. The van der Waals surface area contributed by atoms with Crippen LogP contribution in [-0.4, -0.2) is 57.0 Å². The van der Waals surface area contributed by atoms with Crippen LogP contribution in [0, 0.1) is 5.82 Å². The molecule has 2 atom stereocenters. The van der Waals surface area contributed by atoms with E-state index in [-0.39, 0.29) is 29.1 Å². The number of carbonyl (C=O) groups is 2. The normalized spacial score (nSPS) is 14.0. The summed E-state index contributed by atoms with van der Waals surface area (Å²) in [5.74, 6) is -0.606. The van der Waals surface area contributed by atoms with E-state index in [0.29, 0.717) is 36.7 Å². The van der Waals surface area contributed by atoms with E-state index in [0.717, 1.165) is 4.31 Å². The van der Waals surface area contributed by atoms with Crippen molar-refractivity contribution in [2.45, 2.75) is 50.7 Å². The van der Waals surface area contributed by atoms with Crippen LogP contribution in [-0.2, 0) is 26.2 Å². The second-order valence-electron chi connectivity index (χ2n) is 9.79. The highest BCUT2D eigenvalue weighted by atomic mass is 32.2. The molecule has 4 rings (SSSR count). The summed E-state index contributed by atoms with van der Waals surface area (Å²) in [6.45, 7) is 5.40. The number of fused-ring (bicyclic) bond motifs is 1. The van der Waals surface area contributed by atoms with Crippen LogP contribution in [0.5, 0.6) is 11.5 Å². The highest BCUT2D eigenvalue weighted by molar-refractivity contribution is 7.92. The number of sulfonamides is 1. The first-order valence-corrected chi connectivity index (χ1v) is 14.9. The van der Waals surface area contributed by atoms with Gasteiger partial charge in [0, 0.05) is 18.7 Å². The number of anilines is 1. The van der Waals surface area contributed by atoms with Crippen LogP contribution in [0.25, 0.3) is 0 Å². The number of benzene rings is 3. The number of hydrogen-bond acceptors (Lipinski definition) is 6. The van der Waals surface area contributed by atoms with Gasteiger partial charge in [0.2, 0.25) is 11.8 Å². The van der Waals surface area contributed by atoms with E-state index in [9.17, 15) is 22.4 Å². The lowest BCUT2D eigenvalue weighted by atomic mass is 10.1. The number of hydrogen-bond donors (Lipinski definition) is 1. The Morgan fingerprint density at radius 1 is 0.951 bits per heavy atom. The largest absolute Gasteiger partial charge is 0.486 e. The lowest BCUT2D eigenvalue weighted by Crippen LogP contribution is -2.52. The quantitative estimate of drug-likeness (QED) is 0.364. The van der Waals surface area contributed by atoms with Crippen molar-refractivity contribution in [3.05, 3.63) is 84.2 Å². The average Bonchev–Trinajstić information content (AvgIpc) is 2.99. The number of nitrogens with one attached hydrogen (secondary N) is 1. The molecule has 0 fully saturated rings. The summed E-state index contributed by atoms with van der Waals surface area (Å²) in [5, 5.41) is 2.88. The van der Waals surface area contributed by atoms with Gasteiger partial charge < -0.3 is 19.7 Å². The smallest absolute Gasteiger partial charge is 0.264 e. The monoisotopic (exact) mass is 583 g/mol. The van der Waals surface area contributed by atoms with E-state index in [1.165, 1.54) is 47.4 Å². The molecule has 0 saturated carbocycles. The number of halogens is 1. The Balaban J connectivity index is 1.72. The molecule has 0 saturated heterocycles. The Kier molecular flexibility index (Phi) is 9.49. The van der Waals surface area contributed by atoms with Crippen molar-refractivity contribution in [2.24, 2.45) is 0 Å². The van der Waals surface area contributed by atoms with Gasteiger partial charge in [-0.05, 0) is 62.2 Å². The Labute approximate surface area is 239 Å². The van der Waals surface area contributed by atoms with Gasteiger partial charge in [-0.15, -0.1) is 0 Å². The fraction of sp³-hybridized carbons (Fsp3) is 0.333. The predicted octanol–water partition coefficient (Wildman–Crippen LogP) is 4.12. The molecule has 3 aromatic carbocycles. The van der Waals surface area contributed by atoms with E-state index in [2.05, 4.69) is 5.32 Å². The van der Waals surface area contributed by atoms with Crippen molar-refractivity contribution in [2.75, 3.05) is 24.1 Å². The first-order valence-electron chi connectivity index (χ1n) is 13.4. The third-order valence-corrected chi connectivity index (χ3v) is 8.65. The highest BCUT2D eigenvalue weighted by Gasteiger charge is 2.33.